The maximum atomic E-state index is 13.0. The molecule has 13 nitrogen and oxygen atoms in total. The van der Waals surface area contributed by atoms with Gasteiger partial charge >= 0.3 is 12.2 Å². The van der Waals surface area contributed by atoms with Gasteiger partial charge in [0.05, 0.1) is 17.2 Å². The molecule has 2 aliphatic heterocycles. The van der Waals surface area contributed by atoms with Crippen molar-refractivity contribution in [3.05, 3.63) is 22.2 Å². The lowest BCUT2D eigenvalue weighted by atomic mass is 9.91. The molecule has 0 saturated carbocycles. The molecular weight excluding hydrogens is 768 g/mol. The van der Waals surface area contributed by atoms with E-state index in [0.29, 0.717) is 34.9 Å². The highest BCUT2D eigenvalue weighted by Crippen LogP contribution is 2.32. The lowest BCUT2D eigenvalue weighted by molar-refractivity contribution is -0.127. The Morgan fingerprint density at radius 1 is 1.11 bits per heavy atom. The number of thiazole rings is 1. The summed E-state index contributed by atoms with van der Waals surface area (Å²) in [6.07, 6.45) is 1.33. The van der Waals surface area contributed by atoms with Crippen molar-refractivity contribution in [1.82, 2.24) is 19.7 Å². The first-order chi connectivity index (χ1) is 24.8. The van der Waals surface area contributed by atoms with Crippen LogP contribution in [0.3, 0.4) is 0 Å². The summed E-state index contributed by atoms with van der Waals surface area (Å²) < 4.78 is 59.3. The average Bonchev–Trinajstić information content (AvgIpc) is 3.49. The predicted molar refractivity (Wildman–Crippen MR) is 210 cm³/mol. The molecule has 19 heteroatoms. The summed E-state index contributed by atoms with van der Waals surface area (Å²) in [6.45, 7) is 15.0. The van der Waals surface area contributed by atoms with Crippen molar-refractivity contribution in [3.63, 3.8) is 0 Å². The van der Waals surface area contributed by atoms with Gasteiger partial charge in [-0.25, -0.2) is 18.2 Å². The number of nitrogens with zero attached hydrogens (tertiary/aromatic N) is 5. The van der Waals surface area contributed by atoms with Gasteiger partial charge in [0.15, 0.2) is 15.0 Å². The molecular formula is C35H56F3N7O6S3. The number of hydrogen-bond acceptors (Lipinski definition) is 11. The van der Waals surface area contributed by atoms with Crippen LogP contribution in [-0.2, 0) is 29.6 Å². The van der Waals surface area contributed by atoms with Gasteiger partial charge < -0.3 is 30.2 Å². The Bertz CT molecular complexity index is 1580. The summed E-state index contributed by atoms with van der Waals surface area (Å²) in [5.41, 5.74) is -0.352. The maximum Gasteiger partial charge on any atom is 0.412 e. The largest absolute Gasteiger partial charge is 0.412 e. The highest BCUT2D eigenvalue weighted by atomic mass is 32.2. The average molecular weight is 824 g/mol. The third-order valence-corrected chi connectivity index (χ3v) is 10.8. The quantitative estimate of drug-likeness (QED) is 0.304. The summed E-state index contributed by atoms with van der Waals surface area (Å²) in [4.78, 5) is 55.7. The van der Waals surface area contributed by atoms with Gasteiger partial charge in [-0.05, 0) is 51.4 Å². The number of carbonyl (C=O) groups excluding carboxylic acids is 4. The van der Waals surface area contributed by atoms with Gasteiger partial charge in [0.25, 0.3) is 0 Å². The fraction of sp³-hybridized carbons (Fsp3) is 0.686. The molecule has 0 bridgehead atoms. The predicted octanol–water partition coefficient (Wildman–Crippen LogP) is 6.16. The minimum atomic E-state index is -4.30. The van der Waals surface area contributed by atoms with Crippen LogP contribution in [0.15, 0.2) is 11.6 Å². The Hall–Kier alpha value is -3.50. The van der Waals surface area contributed by atoms with E-state index in [1.807, 2.05) is 34.1 Å². The van der Waals surface area contributed by atoms with Crippen LogP contribution in [0.5, 0.6) is 0 Å². The molecule has 2 fully saturated rings. The van der Waals surface area contributed by atoms with Crippen LogP contribution in [-0.4, -0.2) is 127 Å². The number of amides is 4. The number of sulfone groups is 1. The number of urea groups is 1. The fourth-order valence-corrected chi connectivity index (χ4v) is 7.39. The molecule has 0 radical (unpaired) electrons. The van der Waals surface area contributed by atoms with E-state index >= 15 is 0 Å². The van der Waals surface area contributed by atoms with E-state index in [4.69, 9.17) is 5.41 Å². The molecule has 0 aliphatic carbocycles. The monoisotopic (exact) mass is 823 g/mol. The molecule has 2 saturated heterocycles. The number of ketones is 1. The van der Waals surface area contributed by atoms with Crippen molar-refractivity contribution in [1.29, 1.82) is 10.7 Å². The molecule has 306 valence electrons. The molecule has 4 amide bonds. The molecule has 1 aromatic heterocycles. The van der Waals surface area contributed by atoms with E-state index in [2.05, 4.69) is 16.4 Å². The van der Waals surface area contributed by atoms with Crippen molar-refractivity contribution >= 4 is 67.9 Å². The lowest BCUT2D eigenvalue weighted by Gasteiger charge is -2.39. The second-order valence-corrected chi connectivity index (χ2v) is 18.2. The molecule has 0 aromatic carbocycles. The van der Waals surface area contributed by atoms with Crippen molar-refractivity contribution < 1.29 is 40.8 Å². The number of halogens is 3. The Morgan fingerprint density at radius 3 is 2.06 bits per heavy atom. The molecule has 2 aliphatic rings. The Morgan fingerprint density at radius 2 is 1.67 bits per heavy atom. The molecule has 1 aromatic rings. The van der Waals surface area contributed by atoms with E-state index in [1.165, 1.54) is 32.6 Å². The molecule has 2 N–H and O–H groups in total. The topological polar surface area (TPSA) is 185 Å². The smallest absolute Gasteiger partial charge is 0.345 e. The van der Waals surface area contributed by atoms with Crippen LogP contribution in [0, 0.1) is 22.7 Å². The lowest BCUT2D eigenvalue weighted by Crippen LogP contribution is -2.56. The zero-order chi connectivity index (χ0) is 42.0. The number of carbonyl (C=O) groups is 4. The van der Waals surface area contributed by atoms with E-state index in [1.54, 1.807) is 28.5 Å². The Balaban J connectivity index is 0.000000956. The zero-order valence-corrected chi connectivity index (χ0v) is 35.4. The second kappa shape index (κ2) is 23.4. The van der Waals surface area contributed by atoms with Gasteiger partial charge in [0, 0.05) is 63.1 Å². The first-order valence-corrected chi connectivity index (χ1v) is 21.3. The van der Waals surface area contributed by atoms with Crippen molar-refractivity contribution in [2.24, 2.45) is 5.92 Å². The summed E-state index contributed by atoms with van der Waals surface area (Å²) >= 11 is 2.88. The van der Waals surface area contributed by atoms with Crippen LogP contribution in [0.1, 0.15) is 85.2 Å². The van der Waals surface area contributed by atoms with Gasteiger partial charge in [-0.15, -0.1) is 0 Å². The standard InChI is InChI=1S/C19H27N5O4S2.C7H10F3N.C6H13NOS.C3H6O/c1-19(2,3)15-14(12-20)29-17(21-15)22-16(25)13-6-4-5-7-24(13)18(26)23-8-10-30(27,28)11-9-23;1-5(2)6(3-4-11)7(8,9)10;1-6(8)7(2)4-5-9-3;1-3(2)4/h13H,4-11H2,1-3H3,(H,21,22,25);3-5,11H,1-2H3;4-5H2,1-3H3;1-2H3/b;6-3+,11-4?;;. The summed E-state index contributed by atoms with van der Waals surface area (Å²) in [7, 11) is -1.27. The number of thioether (sulfide) groups is 1. The number of anilines is 1. The zero-order valence-electron chi connectivity index (χ0n) is 32.9. The van der Waals surface area contributed by atoms with Crippen molar-refractivity contribution in [2.75, 3.05) is 62.1 Å². The number of Topliss-reactive ketones (excluding diaryl/α,β-unsaturated/α-hetero) is 1. The van der Waals surface area contributed by atoms with Gasteiger partial charge in [0.1, 0.15) is 22.8 Å². The number of nitrogens with one attached hydrogen (secondary N) is 2. The van der Waals surface area contributed by atoms with E-state index in [-0.39, 0.29) is 53.6 Å². The van der Waals surface area contributed by atoms with Crippen LogP contribution in [0.2, 0.25) is 0 Å². The molecule has 1 unspecified atom stereocenters. The van der Waals surface area contributed by atoms with Gasteiger partial charge in [0.2, 0.25) is 11.8 Å². The minimum absolute atomic E-state index is 0.0466. The summed E-state index contributed by atoms with van der Waals surface area (Å²) in [5, 5.41) is 19.0. The minimum Gasteiger partial charge on any atom is -0.345 e. The van der Waals surface area contributed by atoms with Crippen molar-refractivity contribution in [3.8, 4) is 6.07 Å². The number of hydrogen-bond donors (Lipinski definition) is 2. The third-order valence-electron chi connectivity index (χ3n) is 7.72. The number of likely N-dealkylation sites (tertiary alicyclic amines) is 1. The Kier molecular flexibility index (Phi) is 21.9. The fourth-order valence-electron chi connectivity index (χ4n) is 4.75. The third kappa shape index (κ3) is 18.7. The first-order valence-electron chi connectivity index (χ1n) is 17.3. The number of rotatable bonds is 7. The normalized spacial score (nSPS) is 16.9. The van der Waals surface area contributed by atoms with Crippen molar-refractivity contribution in [2.45, 2.75) is 92.3 Å². The second-order valence-electron chi connectivity index (χ2n) is 14.0. The molecule has 54 heavy (non-hydrogen) atoms. The number of nitriles is 1. The highest BCUT2D eigenvalue weighted by molar-refractivity contribution is 7.98. The number of piperidine rings is 1. The highest BCUT2D eigenvalue weighted by Gasteiger charge is 2.37. The van der Waals surface area contributed by atoms with Crippen LogP contribution >= 0.6 is 23.1 Å². The molecule has 3 rings (SSSR count). The number of aromatic nitrogens is 1. The van der Waals surface area contributed by atoms with E-state index in [0.717, 1.165) is 42.6 Å². The van der Waals surface area contributed by atoms with Gasteiger partial charge in [-0.3, -0.25) is 9.59 Å². The van der Waals surface area contributed by atoms with Gasteiger partial charge in [-0.1, -0.05) is 46.0 Å². The maximum absolute atomic E-state index is 13.0. The van der Waals surface area contributed by atoms with Gasteiger partial charge in [-0.2, -0.15) is 30.2 Å². The summed E-state index contributed by atoms with van der Waals surface area (Å²) in [6, 6.07) is 1.20. The first kappa shape index (κ1) is 50.5. The van der Waals surface area contributed by atoms with E-state index in [9.17, 15) is 46.0 Å². The number of allylic oxidation sites excluding steroid dienone is 2. The SMILES string of the molecule is CC(C)(C)c1nc(NC(=O)C2CCCCN2C(=O)N2CCS(=O)(=O)CC2)sc1C#N.CC(C)/C(=C\C=N)C(F)(F)F.CC(C)=O.CSCCN(C)C(C)=O. The van der Waals surface area contributed by atoms with Crippen LogP contribution in [0.25, 0.3) is 0 Å². The van der Waals surface area contributed by atoms with Crippen LogP contribution in [0.4, 0.5) is 23.1 Å². The molecule has 1 atom stereocenters. The van der Waals surface area contributed by atoms with Crippen LogP contribution < -0.4 is 5.32 Å². The summed E-state index contributed by atoms with van der Waals surface area (Å²) in [5.74, 6) is 0.326. The molecule has 0 spiro atoms. The Labute approximate surface area is 326 Å². The number of alkyl halides is 3. The van der Waals surface area contributed by atoms with E-state index < -0.39 is 33.5 Å². The molecule has 3 heterocycles.